The predicted octanol–water partition coefficient (Wildman–Crippen LogP) is 2.37. The van der Waals surface area contributed by atoms with E-state index in [4.69, 9.17) is 0 Å². The average molecular weight is 245 g/mol. The molecule has 0 unspecified atom stereocenters. The van der Waals surface area contributed by atoms with Crippen LogP contribution < -0.4 is 0 Å². The van der Waals surface area contributed by atoms with Crippen molar-refractivity contribution in [1.29, 1.82) is 0 Å². The summed E-state index contributed by atoms with van der Waals surface area (Å²) in [5.41, 5.74) is 1.21. The molecule has 0 radical (unpaired) electrons. The van der Waals surface area contributed by atoms with Gasteiger partial charge in [-0.05, 0) is 30.2 Å². The number of benzene rings is 1. The molecule has 1 saturated heterocycles. The van der Waals surface area contributed by atoms with Crippen LogP contribution in [0.2, 0.25) is 0 Å². The Morgan fingerprint density at radius 2 is 2.06 bits per heavy atom. The van der Waals surface area contributed by atoms with Crippen LogP contribution >= 0.6 is 0 Å². The lowest BCUT2D eigenvalue weighted by Gasteiger charge is -2.24. The molecule has 0 aromatic heterocycles. The third-order valence-corrected chi connectivity index (χ3v) is 4.47. The second-order valence-electron chi connectivity index (χ2n) is 5.55. The first-order chi connectivity index (χ1) is 8.75. The van der Waals surface area contributed by atoms with Crippen LogP contribution in [-0.2, 0) is 11.3 Å². The van der Waals surface area contributed by atoms with Crippen LogP contribution in [0.3, 0.4) is 0 Å². The first kappa shape index (κ1) is 11.7. The third kappa shape index (κ3) is 2.03. The molecule has 1 aliphatic carbocycles. The topological polar surface area (TPSA) is 40.5 Å². The van der Waals surface area contributed by atoms with Gasteiger partial charge in [0.15, 0.2) is 0 Å². The number of rotatable bonds is 3. The van der Waals surface area contributed by atoms with Gasteiger partial charge in [0, 0.05) is 13.1 Å². The zero-order valence-electron chi connectivity index (χ0n) is 10.5. The highest BCUT2D eigenvalue weighted by atomic mass is 16.4. The van der Waals surface area contributed by atoms with E-state index in [1.54, 1.807) is 0 Å². The lowest BCUT2D eigenvalue weighted by atomic mass is 9.94. The first-order valence-electron chi connectivity index (χ1n) is 6.76. The molecule has 1 N–H and O–H groups in total. The van der Waals surface area contributed by atoms with E-state index in [2.05, 4.69) is 17.0 Å². The third-order valence-electron chi connectivity index (χ3n) is 4.47. The molecule has 18 heavy (non-hydrogen) atoms. The summed E-state index contributed by atoms with van der Waals surface area (Å²) in [6.07, 6.45) is 3.50. The van der Waals surface area contributed by atoms with Gasteiger partial charge in [0.25, 0.3) is 0 Å². The molecule has 0 spiro atoms. The Bertz CT molecular complexity index is 431. The molecule has 0 bridgehead atoms. The molecule has 3 heteroatoms. The van der Waals surface area contributed by atoms with Gasteiger partial charge < -0.3 is 5.11 Å². The number of likely N-dealkylation sites (tertiary alicyclic amines) is 1. The lowest BCUT2D eigenvalue weighted by molar-refractivity contribution is -0.143. The fourth-order valence-corrected chi connectivity index (χ4v) is 3.71. The van der Waals surface area contributed by atoms with Crippen LogP contribution in [0.15, 0.2) is 30.3 Å². The zero-order valence-corrected chi connectivity index (χ0v) is 10.5. The van der Waals surface area contributed by atoms with Crippen LogP contribution in [0.1, 0.15) is 24.8 Å². The SMILES string of the molecule is O=C(O)[C@@H]1[C@H]2CCC[C@H]2CN1Cc1ccccc1. The van der Waals surface area contributed by atoms with Gasteiger partial charge in [0.1, 0.15) is 6.04 Å². The molecule has 96 valence electrons. The fraction of sp³-hybridized carbons (Fsp3) is 0.533. The summed E-state index contributed by atoms with van der Waals surface area (Å²) in [5, 5.41) is 9.47. The molecule has 1 aromatic carbocycles. The summed E-state index contributed by atoms with van der Waals surface area (Å²) in [6.45, 7) is 1.72. The molecule has 3 rings (SSSR count). The van der Waals surface area contributed by atoms with Gasteiger partial charge in [-0.15, -0.1) is 0 Å². The van der Waals surface area contributed by atoms with E-state index in [9.17, 15) is 9.90 Å². The molecular formula is C15H19NO2. The normalized spacial score (nSPS) is 31.4. The Balaban J connectivity index is 1.77. The van der Waals surface area contributed by atoms with Crippen molar-refractivity contribution < 1.29 is 9.90 Å². The number of carboxylic acids is 1. The van der Waals surface area contributed by atoms with Gasteiger partial charge in [-0.1, -0.05) is 36.8 Å². The number of fused-ring (bicyclic) bond motifs is 1. The van der Waals surface area contributed by atoms with Gasteiger partial charge in [0.05, 0.1) is 0 Å². The number of aliphatic carboxylic acids is 1. The van der Waals surface area contributed by atoms with E-state index in [0.717, 1.165) is 19.5 Å². The molecule has 0 amide bonds. The molecule has 2 aliphatic rings. The minimum absolute atomic E-state index is 0.266. The quantitative estimate of drug-likeness (QED) is 0.888. The molecule has 1 heterocycles. The number of carbonyl (C=O) groups is 1. The molecule has 3 atom stereocenters. The van der Waals surface area contributed by atoms with Crippen molar-refractivity contribution in [2.24, 2.45) is 11.8 Å². The van der Waals surface area contributed by atoms with Gasteiger partial charge in [0.2, 0.25) is 0 Å². The monoisotopic (exact) mass is 245 g/mol. The van der Waals surface area contributed by atoms with Crippen LogP contribution in [-0.4, -0.2) is 28.6 Å². The van der Waals surface area contributed by atoms with Gasteiger partial charge in [-0.25, -0.2) is 0 Å². The highest BCUT2D eigenvalue weighted by molar-refractivity contribution is 5.74. The van der Waals surface area contributed by atoms with Crippen molar-refractivity contribution in [2.45, 2.75) is 31.8 Å². The summed E-state index contributed by atoms with van der Waals surface area (Å²) in [7, 11) is 0. The second kappa shape index (κ2) is 4.73. The van der Waals surface area contributed by atoms with Gasteiger partial charge >= 0.3 is 5.97 Å². The molecule has 3 nitrogen and oxygen atoms in total. The average Bonchev–Trinajstić information content (AvgIpc) is 2.89. The van der Waals surface area contributed by atoms with Crippen LogP contribution in [0.25, 0.3) is 0 Å². The van der Waals surface area contributed by atoms with E-state index >= 15 is 0 Å². The van der Waals surface area contributed by atoms with Crippen LogP contribution in [0.4, 0.5) is 0 Å². The van der Waals surface area contributed by atoms with E-state index in [-0.39, 0.29) is 6.04 Å². The summed E-state index contributed by atoms with van der Waals surface area (Å²) in [5.74, 6) is 0.348. The van der Waals surface area contributed by atoms with Crippen LogP contribution in [0, 0.1) is 11.8 Å². The summed E-state index contributed by atoms with van der Waals surface area (Å²) in [6, 6.07) is 9.92. The minimum atomic E-state index is -0.639. The fourth-order valence-electron chi connectivity index (χ4n) is 3.71. The van der Waals surface area contributed by atoms with Crippen LogP contribution in [0.5, 0.6) is 0 Å². The van der Waals surface area contributed by atoms with Gasteiger partial charge in [-0.2, -0.15) is 0 Å². The Labute approximate surface area is 107 Å². The highest BCUT2D eigenvalue weighted by Gasteiger charge is 2.47. The van der Waals surface area contributed by atoms with Gasteiger partial charge in [-0.3, -0.25) is 9.69 Å². The number of hydrogen-bond acceptors (Lipinski definition) is 2. The zero-order chi connectivity index (χ0) is 12.5. The summed E-state index contributed by atoms with van der Waals surface area (Å²) < 4.78 is 0. The largest absolute Gasteiger partial charge is 0.480 e. The Hall–Kier alpha value is -1.35. The standard InChI is InChI=1S/C15H19NO2/c17-15(18)14-13-8-4-7-12(13)10-16(14)9-11-5-2-1-3-6-11/h1-3,5-6,12-14H,4,7-10H2,(H,17,18)/t12-,13-,14-/m0/s1. The van der Waals surface area contributed by atoms with Crippen molar-refractivity contribution in [1.82, 2.24) is 4.90 Å². The number of hydrogen-bond donors (Lipinski definition) is 1. The molecule has 1 aliphatic heterocycles. The predicted molar refractivity (Wildman–Crippen MR) is 69.1 cm³/mol. The molecule has 1 saturated carbocycles. The number of nitrogens with zero attached hydrogens (tertiary/aromatic N) is 1. The van der Waals surface area contributed by atoms with E-state index in [0.29, 0.717) is 11.8 Å². The van der Waals surface area contributed by atoms with Crippen molar-refractivity contribution >= 4 is 5.97 Å². The smallest absolute Gasteiger partial charge is 0.321 e. The highest BCUT2D eigenvalue weighted by Crippen LogP contribution is 2.42. The maximum absolute atomic E-state index is 11.5. The Morgan fingerprint density at radius 1 is 1.28 bits per heavy atom. The van der Waals surface area contributed by atoms with Crippen molar-refractivity contribution in [2.75, 3.05) is 6.54 Å². The Morgan fingerprint density at radius 3 is 2.78 bits per heavy atom. The maximum Gasteiger partial charge on any atom is 0.321 e. The first-order valence-corrected chi connectivity index (χ1v) is 6.76. The summed E-state index contributed by atoms with van der Waals surface area (Å²) >= 11 is 0. The number of carboxylic acid groups (broad SMARTS) is 1. The summed E-state index contributed by atoms with van der Waals surface area (Å²) in [4.78, 5) is 13.7. The van der Waals surface area contributed by atoms with E-state index in [1.165, 1.54) is 18.4 Å². The lowest BCUT2D eigenvalue weighted by Crippen LogP contribution is -2.39. The van der Waals surface area contributed by atoms with Crippen molar-refractivity contribution in [3.05, 3.63) is 35.9 Å². The minimum Gasteiger partial charge on any atom is -0.480 e. The van der Waals surface area contributed by atoms with Crippen molar-refractivity contribution in [3.63, 3.8) is 0 Å². The molecule has 1 aromatic rings. The molecular weight excluding hydrogens is 226 g/mol. The van der Waals surface area contributed by atoms with E-state index in [1.807, 2.05) is 18.2 Å². The second-order valence-corrected chi connectivity index (χ2v) is 5.55. The van der Waals surface area contributed by atoms with E-state index < -0.39 is 5.97 Å². The maximum atomic E-state index is 11.5. The molecule has 2 fully saturated rings. The van der Waals surface area contributed by atoms with Crippen molar-refractivity contribution in [3.8, 4) is 0 Å². The Kier molecular flexibility index (Phi) is 3.08.